The van der Waals surface area contributed by atoms with Crippen molar-refractivity contribution >= 4 is 11.6 Å². The molecule has 0 aliphatic heterocycles. The fourth-order valence-electron chi connectivity index (χ4n) is 1.54. The van der Waals surface area contributed by atoms with Gasteiger partial charge in [-0.3, -0.25) is 0 Å². The highest BCUT2D eigenvalue weighted by Gasteiger charge is 2.32. The van der Waals surface area contributed by atoms with Crippen molar-refractivity contribution < 1.29 is 13.9 Å². The Labute approximate surface area is 104 Å². The lowest BCUT2D eigenvalue weighted by Crippen LogP contribution is -2.38. The molecule has 0 saturated carbocycles. The first-order valence-electron chi connectivity index (χ1n) is 5.23. The van der Waals surface area contributed by atoms with E-state index in [0.29, 0.717) is 0 Å². The standard InChI is InChI=1S/C12H16ClF2NO/c1-12(2,3)11(17)10(16)8-7(14)5-4-6(13)9(8)15/h4-5,10-11,17H,16H2,1-3H3/t10-,11-/m0/s1. The minimum atomic E-state index is -1.16. The smallest absolute Gasteiger partial charge is 0.149 e. The Bertz CT molecular complexity index is 418. The molecule has 0 aromatic heterocycles. The molecule has 0 saturated heterocycles. The maximum atomic E-state index is 13.7. The fraction of sp³-hybridized carbons (Fsp3) is 0.500. The van der Waals surface area contributed by atoms with Gasteiger partial charge in [0.2, 0.25) is 0 Å². The molecule has 0 bridgehead atoms. The van der Waals surface area contributed by atoms with Crippen molar-refractivity contribution in [1.82, 2.24) is 0 Å². The monoisotopic (exact) mass is 263 g/mol. The summed E-state index contributed by atoms with van der Waals surface area (Å²) in [5, 5.41) is 9.74. The van der Waals surface area contributed by atoms with Crippen molar-refractivity contribution in [1.29, 1.82) is 0 Å². The number of benzene rings is 1. The van der Waals surface area contributed by atoms with Gasteiger partial charge in [0.1, 0.15) is 11.6 Å². The van der Waals surface area contributed by atoms with Crippen molar-refractivity contribution in [2.45, 2.75) is 32.9 Å². The van der Waals surface area contributed by atoms with E-state index in [9.17, 15) is 13.9 Å². The third-order valence-electron chi connectivity index (χ3n) is 2.64. The van der Waals surface area contributed by atoms with Gasteiger partial charge in [0, 0.05) is 5.56 Å². The van der Waals surface area contributed by atoms with Gasteiger partial charge in [-0.05, 0) is 17.5 Å². The zero-order chi connectivity index (χ0) is 13.4. The van der Waals surface area contributed by atoms with Crippen molar-refractivity contribution in [2.75, 3.05) is 0 Å². The first kappa shape index (κ1) is 14.4. The van der Waals surface area contributed by atoms with Gasteiger partial charge >= 0.3 is 0 Å². The average molecular weight is 264 g/mol. The first-order valence-corrected chi connectivity index (χ1v) is 5.61. The summed E-state index contributed by atoms with van der Waals surface area (Å²) in [6.07, 6.45) is -1.08. The summed E-state index contributed by atoms with van der Waals surface area (Å²) < 4.78 is 27.2. The van der Waals surface area contributed by atoms with E-state index in [1.165, 1.54) is 0 Å². The van der Waals surface area contributed by atoms with Gasteiger partial charge in [-0.15, -0.1) is 0 Å². The molecule has 0 spiro atoms. The number of rotatable bonds is 2. The Morgan fingerprint density at radius 3 is 2.29 bits per heavy atom. The molecule has 2 nitrogen and oxygen atoms in total. The summed E-state index contributed by atoms with van der Waals surface area (Å²) >= 11 is 5.57. The van der Waals surface area contributed by atoms with Crippen LogP contribution in [0.1, 0.15) is 32.4 Å². The van der Waals surface area contributed by atoms with Gasteiger partial charge in [-0.1, -0.05) is 32.4 Å². The Kier molecular flexibility index (Phi) is 4.12. The van der Waals surface area contributed by atoms with E-state index < -0.39 is 29.2 Å². The molecule has 0 aliphatic rings. The summed E-state index contributed by atoms with van der Waals surface area (Å²) in [5.74, 6) is -1.72. The second kappa shape index (κ2) is 4.88. The minimum Gasteiger partial charge on any atom is -0.391 e. The molecule has 3 N–H and O–H groups in total. The summed E-state index contributed by atoms with van der Waals surface area (Å²) in [5.41, 5.74) is 4.75. The molecule has 1 rings (SSSR count). The van der Waals surface area contributed by atoms with Crippen LogP contribution in [0.25, 0.3) is 0 Å². The van der Waals surface area contributed by atoms with Gasteiger partial charge < -0.3 is 10.8 Å². The maximum Gasteiger partial charge on any atom is 0.149 e. The topological polar surface area (TPSA) is 46.2 Å². The highest BCUT2D eigenvalue weighted by Crippen LogP contribution is 2.33. The highest BCUT2D eigenvalue weighted by molar-refractivity contribution is 6.30. The number of halogens is 3. The van der Waals surface area contributed by atoms with Crippen LogP contribution in [0.4, 0.5) is 8.78 Å². The molecule has 0 amide bonds. The maximum absolute atomic E-state index is 13.7. The summed E-state index contributed by atoms with van der Waals surface area (Å²) in [7, 11) is 0. The van der Waals surface area contributed by atoms with E-state index in [4.69, 9.17) is 17.3 Å². The largest absolute Gasteiger partial charge is 0.391 e. The van der Waals surface area contributed by atoms with Crippen LogP contribution in [0.15, 0.2) is 12.1 Å². The van der Waals surface area contributed by atoms with E-state index in [1.807, 2.05) is 0 Å². The molecule has 1 aromatic rings. The van der Waals surface area contributed by atoms with Crippen LogP contribution in [-0.4, -0.2) is 11.2 Å². The van der Waals surface area contributed by atoms with Crippen LogP contribution in [0, 0.1) is 17.0 Å². The third-order valence-corrected chi connectivity index (χ3v) is 2.93. The fourth-order valence-corrected chi connectivity index (χ4v) is 1.71. The van der Waals surface area contributed by atoms with Gasteiger partial charge in [-0.25, -0.2) is 8.78 Å². The van der Waals surface area contributed by atoms with Crippen LogP contribution in [0.5, 0.6) is 0 Å². The summed E-state index contributed by atoms with van der Waals surface area (Å²) in [6.45, 7) is 5.20. The quantitative estimate of drug-likeness (QED) is 0.806. The zero-order valence-corrected chi connectivity index (χ0v) is 10.7. The highest BCUT2D eigenvalue weighted by atomic mass is 35.5. The van der Waals surface area contributed by atoms with Crippen LogP contribution in [-0.2, 0) is 0 Å². The normalized spacial score (nSPS) is 15.8. The Hall–Kier alpha value is -0.710. The zero-order valence-electron chi connectivity index (χ0n) is 9.97. The third kappa shape index (κ3) is 2.94. The second-order valence-corrected chi connectivity index (χ2v) is 5.50. The molecular formula is C12H16ClF2NO. The molecule has 96 valence electrons. The summed E-state index contributed by atoms with van der Waals surface area (Å²) in [4.78, 5) is 0. The molecule has 2 atom stereocenters. The van der Waals surface area contributed by atoms with Crippen molar-refractivity contribution in [3.05, 3.63) is 34.4 Å². The van der Waals surface area contributed by atoms with E-state index in [-0.39, 0.29) is 10.6 Å². The van der Waals surface area contributed by atoms with E-state index in [1.54, 1.807) is 20.8 Å². The Morgan fingerprint density at radius 2 is 1.82 bits per heavy atom. The number of hydrogen-bond donors (Lipinski definition) is 2. The average Bonchev–Trinajstić information content (AvgIpc) is 2.21. The molecule has 0 fully saturated rings. The number of aliphatic hydroxyl groups is 1. The van der Waals surface area contributed by atoms with E-state index in [2.05, 4.69) is 0 Å². The number of aliphatic hydroxyl groups excluding tert-OH is 1. The predicted octanol–water partition coefficient (Wildman–Crippen LogP) is 3.03. The molecular weight excluding hydrogens is 248 g/mol. The Morgan fingerprint density at radius 1 is 1.29 bits per heavy atom. The molecule has 0 radical (unpaired) electrons. The molecule has 5 heteroatoms. The number of hydrogen-bond acceptors (Lipinski definition) is 2. The summed E-state index contributed by atoms with van der Waals surface area (Å²) in [6, 6.07) is 0.996. The molecule has 0 unspecified atom stereocenters. The van der Waals surface area contributed by atoms with Gasteiger partial charge in [-0.2, -0.15) is 0 Å². The van der Waals surface area contributed by atoms with Crippen LogP contribution >= 0.6 is 11.6 Å². The van der Waals surface area contributed by atoms with Gasteiger partial charge in [0.25, 0.3) is 0 Å². The van der Waals surface area contributed by atoms with E-state index >= 15 is 0 Å². The second-order valence-electron chi connectivity index (χ2n) is 5.09. The molecule has 0 heterocycles. The van der Waals surface area contributed by atoms with Gasteiger partial charge in [0.15, 0.2) is 0 Å². The lowest BCUT2D eigenvalue weighted by molar-refractivity contribution is 0.0381. The molecule has 17 heavy (non-hydrogen) atoms. The van der Waals surface area contributed by atoms with Crippen LogP contribution in [0.3, 0.4) is 0 Å². The lowest BCUT2D eigenvalue weighted by Gasteiger charge is -2.31. The Balaban J connectivity index is 3.21. The van der Waals surface area contributed by atoms with Crippen molar-refractivity contribution in [3.63, 3.8) is 0 Å². The van der Waals surface area contributed by atoms with Crippen LogP contribution < -0.4 is 5.73 Å². The molecule has 1 aromatic carbocycles. The predicted molar refractivity (Wildman–Crippen MR) is 63.8 cm³/mol. The number of nitrogens with two attached hydrogens (primary N) is 1. The van der Waals surface area contributed by atoms with Crippen molar-refractivity contribution in [2.24, 2.45) is 11.1 Å². The lowest BCUT2D eigenvalue weighted by atomic mass is 9.82. The first-order chi connectivity index (χ1) is 7.66. The van der Waals surface area contributed by atoms with Crippen molar-refractivity contribution in [3.8, 4) is 0 Å². The molecule has 0 aliphatic carbocycles. The SMILES string of the molecule is CC(C)(C)[C@@H](O)[C@@H](N)c1c(F)ccc(Cl)c1F. The minimum absolute atomic E-state index is 0.210. The van der Waals surface area contributed by atoms with Crippen LogP contribution in [0.2, 0.25) is 5.02 Å². The van der Waals surface area contributed by atoms with E-state index in [0.717, 1.165) is 12.1 Å². The van der Waals surface area contributed by atoms with Gasteiger partial charge in [0.05, 0.1) is 17.2 Å².